The lowest BCUT2D eigenvalue weighted by Crippen LogP contribution is -1.88. The monoisotopic (exact) mass is 338 g/mol. The third-order valence-electron chi connectivity index (χ3n) is 4.08. The zero-order valence-electron chi connectivity index (χ0n) is 14.5. The summed E-state index contributed by atoms with van der Waals surface area (Å²) in [6.45, 7) is 2.06. The zero-order valence-corrected chi connectivity index (χ0v) is 14.5. The molecule has 3 heteroatoms. The van der Waals surface area contributed by atoms with Crippen LogP contribution in [0.25, 0.3) is 22.5 Å². The molecule has 0 aliphatic carbocycles. The first-order valence-corrected chi connectivity index (χ1v) is 8.50. The summed E-state index contributed by atoms with van der Waals surface area (Å²) in [4.78, 5) is 8.84. The summed E-state index contributed by atoms with van der Waals surface area (Å²) in [7, 11) is 0. The molecular weight excluding hydrogens is 320 g/mol. The van der Waals surface area contributed by atoms with Crippen LogP contribution in [0.15, 0.2) is 91.3 Å². The Morgan fingerprint density at radius 2 is 1.31 bits per heavy atom. The van der Waals surface area contributed by atoms with Gasteiger partial charge in [0.15, 0.2) is 0 Å². The largest absolute Gasteiger partial charge is 0.457 e. The SMILES string of the molecule is Cc1ccnc(-c2cccc(Oc3cccc(-c4ccccn4)c3)c2)c1. The van der Waals surface area contributed by atoms with Crippen molar-refractivity contribution in [1.82, 2.24) is 9.97 Å². The highest BCUT2D eigenvalue weighted by Crippen LogP contribution is 2.29. The number of pyridine rings is 2. The first kappa shape index (κ1) is 16.0. The van der Waals surface area contributed by atoms with Gasteiger partial charge < -0.3 is 4.74 Å². The van der Waals surface area contributed by atoms with Gasteiger partial charge in [0.2, 0.25) is 0 Å². The zero-order chi connectivity index (χ0) is 17.8. The Labute approximate surface area is 153 Å². The fourth-order valence-electron chi connectivity index (χ4n) is 2.80. The number of ether oxygens (including phenoxy) is 1. The molecule has 0 bridgehead atoms. The van der Waals surface area contributed by atoms with Crippen molar-refractivity contribution in [2.75, 3.05) is 0 Å². The molecular formula is C23H18N2O. The average molecular weight is 338 g/mol. The van der Waals surface area contributed by atoms with Gasteiger partial charge in [-0.3, -0.25) is 9.97 Å². The molecule has 0 radical (unpaired) electrons. The average Bonchev–Trinajstić information content (AvgIpc) is 2.69. The molecule has 4 aromatic rings. The second-order valence-corrected chi connectivity index (χ2v) is 6.09. The van der Waals surface area contributed by atoms with Crippen molar-refractivity contribution in [3.05, 3.63) is 96.8 Å². The normalized spacial score (nSPS) is 10.5. The molecule has 26 heavy (non-hydrogen) atoms. The predicted molar refractivity (Wildman–Crippen MR) is 104 cm³/mol. The fourth-order valence-corrected chi connectivity index (χ4v) is 2.80. The van der Waals surface area contributed by atoms with E-state index in [0.29, 0.717) is 0 Å². The van der Waals surface area contributed by atoms with Gasteiger partial charge in [-0.15, -0.1) is 0 Å². The van der Waals surface area contributed by atoms with Crippen molar-refractivity contribution in [1.29, 1.82) is 0 Å². The summed E-state index contributed by atoms with van der Waals surface area (Å²) < 4.78 is 6.08. The van der Waals surface area contributed by atoms with Crippen LogP contribution in [0.3, 0.4) is 0 Å². The van der Waals surface area contributed by atoms with Crippen LogP contribution < -0.4 is 4.74 Å². The van der Waals surface area contributed by atoms with Gasteiger partial charge >= 0.3 is 0 Å². The molecule has 126 valence electrons. The molecule has 3 nitrogen and oxygen atoms in total. The van der Waals surface area contributed by atoms with Crippen LogP contribution in [-0.4, -0.2) is 9.97 Å². The minimum absolute atomic E-state index is 0.780. The first-order chi connectivity index (χ1) is 12.8. The molecule has 2 aromatic heterocycles. The summed E-state index contributed by atoms with van der Waals surface area (Å²) >= 11 is 0. The van der Waals surface area contributed by atoms with E-state index in [0.717, 1.165) is 34.0 Å². The second-order valence-electron chi connectivity index (χ2n) is 6.09. The molecule has 0 spiro atoms. The van der Waals surface area contributed by atoms with Crippen LogP contribution in [0.2, 0.25) is 0 Å². The lowest BCUT2D eigenvalue weighted by molar-refractivity contribution is 0.483. The molecule has 0 atom stereocenters. The third-order valence-corrected chi connectivity index (χ3v) is 4.08. The standard InChI is InChI=1S/C23H18N2O/c1-17-11-13-25-23(14-17)19-7-5-9-21(16-19)26-20-8-4-6-18(15-20)22-10-2-3-12-24-22/h2-16H,1H3. The van der Waals surface area contributed by atoms with Gasteiger partial charge in [-0.25, -0.2) is 0 Å². The van der Waals surface area contributed by atoms with E-state index < -0.39 is 0 Å². The van der Waals surface area contributed by atoms with E-state index >= 15 is 0 Å². The maximum Gasteiger partial charge on any atom is 0.128 e. The molecule has 0 amide bonds. The molecule has 0 saturated carbocycles. The number of nitrogens with zero attached hydrogens (tertiary/aromatic N) is 2. The minimum atomic E-state index is 0.780. The van der Waals surface area contributed by atoms with E-state index in [4.69, 9.17) is 4.74 Å². The third kappa shape index (κ3) is 3.62. The van der Waals surface area contributed by atoms with Gasteiger partial charge in [-0.2, -0.15) is 0 Å². The summed E-state index contributed by atoms with van der Waals surface area (Å²) in [6.07, 6.45) is 3.62. The highest BCUT2D eigenvalue weighted by atomic mass is 16.5. The molecule has 0 aliphatic rings. The van der Waals surface area contributed by atoms with Crippen LogP contribution in [-0.2, 0) is 0 Å². The van der Waals surface area contributed by atoms with Gasteiger partial charge in [-0.1, -0.05) is 30.3 Å². The van der Waals surface area contributed by atoms with E-state index in [2.05, 4.69) is 23.0 Å². The van der Waals surface area contributed by atoms with Crippen LogP contribution in [0.5, 0.6) is 11.5 Å². The van der Waals surface area contributed by atoms with E-state index in [1.807, 2.05) is 79.0 Å². The number of hydrogen-bond acceptors (Lipinski definition) is 3. The maximum atomic E-state index is 6.08. The Morgan fingerprint density at radius 1 is 0.615 bits per heavy atom. The van der Waals surface area contributed by atoms with Gasteiger partial charge in [-0.05, 0) is 61.0 Å². The van der Waals surface area contributed by atoms with Crippen molar-refractivity contribution in [2.24, 2.45) is 0 Å². The molecule has 0 aliphatic heterocycles. The van der Waals surface area contributed by atoms with Crippen molar-refractivity contribution in [2.45, 2.75) is 6.92 Å². The molecule has 0 fully saturated rings. The number of aromatic nitrogens is 2. The summed E-state index contributed by atoms with van der Waals surface area (Å²) in [5.74, 6) is 1.56. The van der Waals surface area contributed by atoms with Gasteiger partial charge in [0.05, 0.1) is 11.4 Å². The van der Waals surface area contributed by atoms with E-state index in [1.54, 1.807) is 6.20 Å². The van der Waals surface area contributed by atoms with Crippen molar-refractivity contribution in [3.63, 3.8) is 0 Å². The lowest BCUT2D eigenvalue weighted by atomic mass is 10.1. The number of rotatable bonds is 4. The van der Waals surface area contributed by atoms with Gasteiger partial charge in [0, 0.05) is 23.5 Å². The second kappa shape index (κ2) is 7.19. The predicted octanol–water partition coefficient (Wildman–Crippen LogP) is 5.91. The van der Waals surface area contributed by atoms with Gasteiger partial charge in [0.1, 0.15) is 11.5 Å². The highest BCUT2D eigenvalue weighted by Gasteiger charge is 2.05. The molecule has 0 saturated heterocycles. The summed E-state index contributed by atoms with van der Waals surface area (Å²) in [6, 6.07) is 25.9. The first-order valence-electron chi connectivity index (χ1n) is 8.50. The van der Waals surface area contributed by atoms with Crippen molar-refractivity contribution >= 4 is 0 Å². The Kier molecular flexibility index (Phi) is 4.44. The fraction of sp³-hybridized carbons (Fsp3) is 0.0435. The van der Waals surface area contributed by atoms with E-state index in [1.165, 1.54) is 5.56 Å². The number of hydrogen-bond donors (Lipinski definition) is 0. The topological polar surface area (TPSA) is 35.0 Å². The van der Waals surface area contributed by atoms with Crippen LogP contribution in [0.4, 0.5) is 0 Å². The number of aryl methyl sites for hydroxylation is 1. The van der Waals surface area contributed by atoms with Crippen molar-refractivity contribution in [3.8, 4) is 34.0 Å². The van der Waals surface area contributed by atoms with Crippen LogP contribution >= 0.6 is 0 Å². The van der Waals surface area contributed by atoms with Crippen LogP contribution in [0.1, 0.15) is 5.56 Å². The van der Waals surface area contributed by atoms with Crippen LogP contribution in [0, 0.1) is 6.92 Å². The molecule has 4 rings (SSSR count). The Hall–Kier alpha value is -3.46. The molecule has 0 unspecified atom stereocenters. The van der Waals surface area contributed by atoms with Gasteiger partial charge in [0.25, 0.3) is 0 Å². The highest BCUT2D eigenvalue weighted by molar-refractivity contribution is 5.63. The Morgan fingerprint density at radius 3 is 1.96 bits per heavy atom. The minimum Gasteiger partial charge on any atom is -0.457 e. The Balaban J connectivity index is 1.61. The maximum absolute atomic E-state index is 6.08. The van der Waals surface area contributed by atoms with E-state index in [-0.39, 0.29) is 0 Å². The summed E-state index contributed by atoms with van der Waals surface area (Å²) in [5.41, 5.74) is 5.12. The molecule has 0 N–H and O–H groups in total. The molecule has 2 heterocycles. The summed E-state index contributed by atoms with van der Waals surface area (Å²) in [5, 5.41) is 0. The van der Waals surface area contributed by atoms with E-state index in [9.17, 15) is 0 Å². The molecule has 2 aromatic carbocycles. The Bertz CT molecular complexity index is 1030. The number of benzene rings is 2. The quantitative estimate of drug-likeness (QED) is 0.464. The smallest absolute Gasteiger partial charge is 0.128 e. The van der Waals surface area contributed by atoms with Crippen molar-refractivity contribution < 1.29 is 4.74 Å². The lowest BCUT2D eigenvalue weighted by Gasteiger charge is -2.09.